The van der Waals surface area contributed by atoms with Crippen molar-refractivity contribution >= 4 is 22.8 Å². The van der Waals surface area contributed by atoms with Crippen molar-refractivity contribution in [2.45, 2.75) is 51.7 Å². The molecule has 1 aliphatic heterocycles. The van der Waals surface area contributed by atoms with Gasteiger partial charge in [0.15, 0.2) is 11.4 Å². The van der Waals surface area contributed by atoms with E-state index in [9.17, 15) is 4.79 Å². The van der Waals surface area contributed by atoms with Gasteiger partial charge in [-0.15, -0.1) is 0 Å². The number of carbonyl (C=O) groups excluding carboxylic acids is 1. The third-order valence-electron chi connectivity index (χ3n) is 3.70. The second kappa shape index (κ2) is 7.01. The van der Waals surface area contributed by atoms with Crippen LogP contribution < -0.4 is 4.90 Å². The van der Waals surface area contributed by atoms with Crippen LogP contribution >= 0.6 is 11.3 Å². The van der Waals surface area contributed by atoms with E-state index in [2.05, 4.69) is 16.8 Å². The Morgan fingerprint density at radius 1 is 1.47 bits per heavy atom. The van der Waals surface area contributed by atoms with Crippen LogP contribution in [0.2, 0.25) is 0 Å². The Labute approximate surface area is 118 Å². The van der Waals surface area contributed by atoms with Gasteiger partial charge in [-0.1, -0.05) is 31.1 Å². The standard InChI is InChI=1S/C14H22N2O2S/c1-3-11-7-5-4-6-8-16(11)14-15-12(10-18-2)13(9-17)19-14/h9,11H,3-8,10H2,1-2H3. The Bertz CT molecular complexity index is 420. The SMILES string of the molecule is CCC1CCCCCN1c1nc(COC)c(C=O)s1. The van der Waals surface area contributed by atoms with Gasteiger partial charge in [-0.2, -0.15) is 0 Å². The van der Waals surface area contributed by atoms with Gasteiger partial charge in [-0.25, -0.2) is 4.98 Å². The molecule has 0 radical (unpaired) electrons. The molecule has 0 aromatic carbocycles. The van der Waals surface area contributed by atoms with Crippen LogP contribution in [0, 0.1) is 0 Å². The number of aldehydes is 1. The molecule has 2 heterocycles. The van der Waals surface area contributed by atoms with Crippen LogP contribution in [0.15, 0.2) is 0 Å². The minimum absolute atomic E-state index is 0.412. The monoisotopic (exact) mass is 282 g/mol. The van der Waals surface area contributed by atoms with Crippen molar-refractivity contribution < 1.29 is 9.53 Å². The maximum Gasteiger partial charge on any atom is 0.186 e. The van der Waals surface area contributed by atoms with Gasteiger partial charge in [0.05, 0.1) is 17.2 Å². The molecule has 4 nitrogen and oxygen atoms in total. The van der Waals surface area contributed by atoms with Crippen LogP contribution in [0.25, 0.3) is 0 Å². The Morgan fingerprint density at radius 3 is 3.00 bits per heavy atom. The van der Waals surface area contributed by atoms with Crippen LogP contribution in [0.4, 0.5) is 5.13 Å². The second-order valence-corrected chi connectivity index (χ2v) is 5.97. The summed E-state index contributed by atoms with van der Waals surface area (Å²) in [5.74, 6) is 0. The largest absolute Gasteiger partial charge is 0.378 e. The summed E-state index contributed by atoms with van der Waals surface area (Å²) < 4.78 is 5.12. The zero-order chi connectivity index (χ0) is 13.7. The number of ether oxygens (including phenoxy) is 1. The van der Waals surface area contributed by atoms with Crippen LogP contribution in [0.1, 0.15) is 54.4 Å². The van der Waals surface area contributed by atoms with Gasteiger partial charge in [0, 0.05) is 19.7 Å². The van der Waals surface area contributed by atoms with E-state index in [1.165, 1.54) is 37.0 Å². The predicted octanol–water partition coefficient (Wildman–Crippen LogP) is 3.26. The summed E-state index contributed by atoms with van der Waals surface area (Å²) in [6.07, 6.45) is 7.07. The number of carbonyl (C=O) groups is 1. The van der Waals surface area contributed by atoms with E-state index in [1.807, 2.05) is 0 Å². The molecule has 1 fully saturated rings. The molecule has 0 aliphatic carbocycles. The third kappa shape index (κ3) is 3.34. The van der Waals surface area contributed by atoms with Crippen molar-refractivity contribution in [3.05, 3.63) is 10.6 Å². The lowest BCUT2D eigenvalue weighted by Gasteiger charge is -2.28. The molecule has 1 unspecified atom stereocenters. The van der Waals surface area contributed by atoms with Gasteiger partial charge in [0.25, 0.3) is 0 Å². The average molecular weight is 282 g/mol. The van der Waals surface area contributed by atoms with Crippen LogP contribution in [0.3, 0.4) is 0 Å². The highest BCUT2D eigenvalue weighted by Crippen LogP contribution is 2.31. The first-order chi connectivity index (χ1) is 9.30. The highest BCUT2D eigenvalue weighted by atomic mass is 32.1. The van der Waals surface area contributed by atoms with Gasteiger partial charge in [0.1, 0.15) is 0 Å². The minimum atomic E-state index is 0.412. The molecule has 0 bridgehead atoms. The second-order valence-electron chi connectivity index (χ2n) is 4.96. The van der Waals surface area contributed by atoms with Gasteiger partial charge >= 0.3 is 0 Å². The summed E-state index contributed by atoms with van der Waals surface area (Å²) in [7, 11) is 1.63. The molecule has 0 spiro atoms. The van der Waals surface area contributed by atoms with Gasteiger partial charge in [-0.05, 0) is 19.3 Å². The lowest BCUT2D eigenvalue weighted by molar-refractivity contribution is 0.112. The van der Waals surface area contributed by atoms with E-state index < -0.39 is 0 Å². The lowest BCUT2D eigenvalue weighted by Crippen LogP contribution is -2.34. The number of nitrogens with zero attached hydrogens (tertiary/aromatic N) is 2. The number of anilines is 1. The number of hydrogen-bond acceptors (Lipinski definition) is 5. The Morgan fingerprint density at radius 2 is 2.32 bits per heavy atom. The fraction of sp³-hybridized carbons (Fsp3) is 0.714. The molecule has 0 saturated carbocycles. The first-order valence-electron chi connectivity index (χ1n) is 7.00. The van der Waals surface area contributed by atoms with Crippen LogP contribution in [-0.4, -0.2) is 31.0 Å². The van der Waals surface area contributed by atoms with E-state index in [4.69, 9.17) is 4.74 Å². The zero-order valence-electron chi connectivity index (χ0n) is 11.7. The molecule has 19 heavy (non-hydrogen) atoms. The molecule has 1 saturated heterocycles. The molecule has 106 valence electrons. The lowest BCUT2D eigenvalue weighted by atomic mass is 10.1. The molecular formula is C14H22N2O2S. The van der Waals surface area contributed by atoms with Gasteiger partial charge in [0.2, 0.25) is 0 Å². The fourth-order valence-corrected chi connectivity index (χ4v) is 3.64. The Balaban J connectivity index is 2.25. The molecule has 1 aromatic rings. The van der Waals surface area contributed by atoms with Crippen molar-refractivity contribution in [1.82, 2.24) is 4.98 Å². The van der Waals surface area contributed by atoms with Gasteiger partial charge < -0.3 is 9.64 Å². The van der Waals surface area contributed by atoms with E-state index in [1.54, 1.807) is 7.11 Å². The summed E-state index contributed by atoms with van der Waals surface area (Å²) in [5, 5.41) is 0.989. The van der Waals surface area contributed by atoms with E-state index >= 15 is 0 Å². The number of methoxy groups -OCH3 is 1. The molecule has 1 aromatic heterocycles. The Kier molecular flexibility index (Phi) is 5.34. The number of hydrogen-bond donors (Lipinski definition) is 0. The summed E-state index contributed by atoms with van der Waals surface area (Å²) in [6.45, 7) is 3.69. The van der Waals surface area contributed by atoms with Crippen molar-refractivity contribution in [3.8, 4) is 0 Å². The summed E-state index contributed by atoms with van der Waals surface area (Å²) in [4.78, 5) is 18.8. The molecule has 5 heteroatoms. The number of thiazole rings is 1. The van der Waals surface area contributed by atoms with Gasteiger partial charge in [-0.3, -0.25) is 4.79 Å². The van der Waals surface area contributed by atoms with Crippen molar-refractivity contribution in [2.75, 3.05) is 18.6 Å². The maximum atomic E-state index is 11.1. The smallest absolute Gasteiger partial charge is 0.186 e. The number of rotatable bonds is 5. The molecular weight excluding hydrogens is 260 g/mol. The van der Waals surface area contributed by atoms with Crippen LogP contribution in [-0.2, 0) is 11.3 Å². The topological polar surface area (TPSA) is 42.4 Å². The average Bonchev–Trinajstić information content (AvgIpc) is 2.68. The quantitative estimate of drug-likeness (QED) is 0.777. The fourth-order valence-electron chi connectivity index (χ4n) is 2.66. The third-order valence-corrected chi connectivity index (χ3v) is 4.76. The highest BCUT2D eigenvalue weighted by Gasteiger charge is 2.23. The van der Waals surface area contributed by atoms with Crippen molar-refractivity contribution in [3.63, 3.8) is 0 Å². The number of aromatic nitrogens is 1. The first-order valence-corrected chi connectivity index (χ1v) is 7.82. The van der Waals surface area contributed by atoms with E-state index in [0.29, 0.717) is 17.5 Å². The summed E-state index contributed by atoms with van der Waals surface area (Å²) in [6, 6.07) is 0.559. The molecule has 0 amide bonds. The molecule has 1 aliphatic rings. The summed E-state index contributed by atoms with van der Waals surface area (Å²) >= 11 is 1.50. The predicted molar refractivity (Wildman–Crippen MR) is 78.1 cm³/mol. The van der Waals surface area contributed by atoms with E-state index in [-0.39, 0.29) is 0 Å². The first kappa shape index (κ1) is 14.5. The van der Waals surface area contributed by atoms with Crippen molar-refractivity contribution in [1.29, 1.82) is 0 Å². The minimum Gasteiger partial charge on any atom is -0.378 e. The molecule has 1 atom stereocenters. The highest BCUT2D eigenvalue weighted by molar-refractivity contribution is 7.17. The summed E-state index contributed by atoms with van der Waals surface area (Å²) in [5.41, 5.74) is 0.775. The molecule has 0 N–H and O–H groups in total. The molecule has 2 rings (SSSR count). The van der Waals surface area contributed by atoms with E-state index in [0.717, 1.165) is 30.1 Å². The van der Waals surface area contributed by atoms with Crippen molar-refractivity contribution in [2.24, 2.45) is 0 Å². The van der Waals surface area contributed by atoms with Crippen LogP contribution in [0.5, 0.6) is 0 Å². The zero-order valence-corrected chi connectivity index (χ0v) is 12.5. The Hall–Kier alpha value is -0.940. The normalized spacial score (nSPS) is 20.3. The maximum absolute atomic E-state index is 11.1.